The Morgan fingerprint density at radius 1 is 0.880 bits per heavy atom. The highest BCUT2D eigenvalue weighted by Crippen LogP contribution is 2.44. The molecule has 124 valence electrons. The van der Waals surface area contributed by atoms with Crippen LogP contribution in [-0.4, -0.2) is 5.97 Å². The Balaban J connectivity index is 1.65. The van der Waals surface area contributed by atoms with E-state index in [2.05, 4.69) is 15.9 Å². The molecule has 0 bridgehead atoms. The molecule has 0 radical (unpaired) electrons. The van der Waals surface area contributed by atoms with Crippen LogP contribution in [0, 0.1) is 0 Å². The summed E-state index contributed by atoms with van der Waals surface area (Å²) in [6.45, 7) is 0.224. The van der Waals surface area contributed by atoms with Crippen molar-refractivity contribution in [2.45, 2.75) is 12.5 Å². The summed E-state index contributed by atoms with van der Waals surface area (Å²) in [7, 11) is 0. The second-order valence-corrected chi connectivity index (χ2v) is 6.66. The van der Waals surface area contributed by atoms with E-state index in [9.17, 15) is 4.79 Å². The fraction of sp³-hybridized carbons (Fsp3) is 0.0952. The molecule has 0 N–H and O–H groups in total. The van der Waals surface area contributed by atoms with Crippen LogP contribution >= 0.6 is 15.9 Å². The minimum Gasteiger partial charge on any atom is -0.460 e. The molecule has 0 saturated heterocycles. The van der Waals surface area contributed by atoms with E-state index in [1.54, 1.807) is 0 Å². The molecule has 25 heavy (non-hydrogen) atoms. The van der Waals surface area contributed by atoms with Crippen molar-refractivity contribution in [3.8, 4) is 11.5 Å². The maximum Gasteiger partial charge on any atom is 0.318 e. The largest absolute Gasteiger partial charge is 0.460 e. The van der Waals surface area contributed by atoms with Gasteiger partial charge in [0.05, 0.1) is 0 Å². The lowest BCUT2D eigenvalue weighted by atomic mass is 9.88. The van der Waals surface area contributed by atoms with Crippen LogP contribution in [0.4, 0.5) is 0 Å². The van der Waals surface area contributed by atoms with Gasteiger partial charge in [0, 0.05) is 21.2 Å². The number of carbonyl (C=O) groups is 1. The standard InChI is InChI=1S/C21H15BrO3/c22-17-10-4-1-7-14(17)13-24-21(23)20-15-8-2-5-11-18(15)25-19-12-6-3-9-16(19)20/h1-12,20H,13H2. The lowest BCUT2D eigenvalue weighted by Crippen LogP contribution is -2.21. The fourth-order valence-electron chi connectivity index (χ4n) is 3.01. The molecule has 0 unspecified atom stereocenters. The van der Waals surface area contributed by atoms with Crippen LogP contribution in [0.5, 0.6) is 11.5 Å². The highest BCUT2D eigenvalue weighted by Gasteiger charge is 2.33. The second-order valence-electron chi connectivity index (χ2n) is 5.81. The Morgan fingerprint density at radius 3 is 2.08 bits per heavy atom. The fourth-order valence-corrected chi connectivity index (χ4v) is 3.41. The van der Waals surface area contributed by atoms with Gasteiger partial charge >= 0.3 is 5.97 Å². The number of benzene rings is 3. The third-order valence-corrected chi connectivity index (χ3v) is 5.02. The predicted molar refractivity (Wildman–Crippen MR) is 98.7 cm³/mol. The highest BCUT2D eigenvalue weighted by molar-refractivity contribution is 9.10. The average molecular weight is 395 g/mol. The molecule has 0 amide bonds. The molecule has 0 atom stereocenters. The summed E-state index contributed by atoms with van der Waals surface area (Å²) >= 11 is 3.48. The molecule has 0 saturated carbocycles. The van der Waals surface area contributed by atoms with Crippen LogP contribution in [-0.2, 0) is 16.1 Å². The molecule has 0 aliphatic carbocycles. The summed E-state index contributed by atoms with van der Waals surface area (Å²) in [5.41, 5.74) is 2.60. The zero-order valence-corrected chi connectivity index (χ0v) is 14.9. The number of hydrogen-bond donors (Lipinski definition) is 0. The van der Waals surface area contributed by atoms with Crippen molar-refractivity contribution < 1.29 is 14.3 Å². The zero-order chi connectivity index (χ0) is 17.2. The smallest absolute Gasteiger partial charge is 0.318 e. The van der Waals surface area contributed by atoms with Crippen LogP contribution in [0.1, 0.15) is 22.6 Å². The molecular weight excluding hydrogens is 380 g/mol. The Kier molecular flexibility index (Phi) is 4.28. The molecular formula is C21H15BrO3. The average Bonchev–Trinajstić information content (AvgIpc) is 2.65. The normalized spacial score (nSPS) is 12.7. The van der Waals surface area contributed by atoms with Crippen LogP contribution in [0.25, 0.3) is 0 Å². The van der Waals surface area contributed by atoms with Crippen molar-refractivity contribution in [1.82, 2.24) is 0 Å². The maximum atomic E-state index is 12.9. The summed E-state index contributed by atoms with van der Waals surface area (Å²) in [4.78, 5) is 12.9. The Morgan fingerprint density at radius 2 is 1.44 bits per heavy atom. The quantitative estimate of drug-likeness (QED) is 0.555. The van der Waals surface area contributed by atoms with Gasteiger partial charge in [-0.15, -0.1) is 0 Å². The summed E-state index contributed by atoms with van der Waals surface area (Å²) in [5, 5.41) is 0. The number of esters is 1. The van der Waals surface area contributed by atoms with Crippen LogP contribution < -0.4 is 4.74 Å². The van der Waals surface area contributed by atoms with E-state index >= 15 is 0 Å². The Bertz CT molecular complexity index is 890. The second kappa shape index (κ2) is 6.73. The molecule has 4 rings (SSSR count). The number of hydrogen-bond acceptors (Lipinski definition) is 3. The summed E-state index contributed by atoms with van der Waals surface area (Å²) in [5.74, 6) is 0.635. The number of carbonyl (C=O) groups excluding carboxylic acids is 1. The number of fused-ring (bicyclic) bond motifs is 2. The molecule has 1 aliphatic heterocycles. The third kappa shape index (κ3) is 3.05. The molecule has 3 aromatic rings. The minimum atomic E-state index is -0.483. The lowest BCUT2D eigenvalue weighted by molar-refractivity contribution is -0.145. The van der Waals surface area contributed by atoms with Crippen molar-refractivity contribution in [1.29, 1.82) is 0 Å². The van der Waals surface area contributed by atoms with Crippen molar-refractivity contribution in [3.63, 3.8) is 0 Å². The van der Waals surface area contributed by atoms with Crippen LogP contribution in [0.2, 0.25) is 0 Å². The minimum absolute atomic E-state index is 0.224. The molecule has 0 aromatic heterocycles. The van der Waals surface area contributed by atoms with E-state index in [0.29, 0.717) is 11.5 Å². The molecule has 3 aromatic carbocycles. The van der Waals surface area contributed by atoms with E-state index in [4.69, 9.17) is 9.47 Å². The first-order valence-electron chi connectivity index (χ1n) is 8.00. The van der Waals surface area contributed by atoms with Crippen LogP contribution in [0.15, 0.2) is 77.3 Å². The van der Waals surface area contributed by atoms with Gasteiger partial charge in [-0.25, -0.2) is 0 Å². The first-order chi connectivity index (χ1) is 12.2. The SMILES string of the molecule is O=C(OCc1ccccc1Br)C1c2ccccc2Oc2ccccc21. The van der Waals surface area contributed by atoms with Crippen molar-refractivity contribution in [2.75, 3.05) is 0 Å². The molecule has 0 fully saturated rings. The summed E-state index contributed by atoms with van der Waals surface area (Å²) in [6, 6.07) is 22.9. The first-order valence-corrected chi connectivity index (χ1v) is 8.79. The van der Waals surface area contributed by atoms with E-state index < -0.39 is 5.92 Å². The van der Waals surface area contributed by atoms with E-state index in [-0.39, 0.29) is 12.6 Å². The van der Waals surface area contributed by atoms with Crippen molar-refractivity contribution >= 4 is 21.9 Å². The molecule has 3 nitrogen and oxygen atoms in total. The summed E-state index contributed by atoms with van der Waals surface area (Å²) in [6.07, 6.45) is 0. The van der Waals surface area contributed by atoms with Gasteiger partial charge in [-0.2, -0.15) is 0 Å². The zero-order valence-electron chi connectivity index (χ0n) is 13.3. The van der Waals surface area contributed by atoms with Crippen LogP contribution in [0.3, 0.4) is 0 Å². The maximum absolute atomic E-state index is 12.9. The number of para-hydroxylation sites is 2. The number of halogens is 1. The number of rotatable bonds is 3. The highest BCUT2D eigenvalue weighted by atomic mass is 79.9. The Hall–Kier alpha value is -2.59. The van der Waals surface area contributed by atoms with Gasteiger partial charge in [-0.1, -0.05) is 70.5 Å². The van der Waals surface area contributed by atoms with Gasteiger partial charge in [0.25, 0.3) is 0 Å². The van der Waals surface area contributed by atoms with Gasteiger partial charge < -0.3 is 9.47 Å². The van der Waals surface area contributed by atoms with Crippen molar-refractivity contribution in [2.24, 2.45) is 0 Å². The third-order valence-electron chi connectivity index (χ3n) is 4.24. The van der Waals surface area contributed by atoms with Gasteiger partial charge in [-0.05, 0) is 18.2 Å². The first kappa shape index (κ1) is 15.9. The predicted octanol–water partition coefficient (Wildman–Crippen LogP) is 5.43. The molecule has 4 heteroatoms. The van der Waals surface area contributed by atoms with E-state index in [0.717, 1.165) is 21.2 Å². The van der Waals surface area contributed by atoms with Gasteiger partial charge in [0.1, 0.15) is 24.0 Å². The summed E-state index contributed by atoms with van der Waals surface area (Å²) < 4.78 is 12.5. The molecule has 1 aliphatic rings. The van der Waals surface area contributed by atoms with E-state index in [1.165, 1.54) is 0 Å². The topological polar surface area (TPSA) is 35.5 Å². The molecule has 1 heterocycles. The van der Waals surface area contributed by atoms with Gasteiger partial charge in [0.2, 0.25) is 0 Å². The lowest BCUT2D eigenvalue weighted by Gasteiger charge is -2.26. The van der Waals surface area contributed by atoms with Gasteiger partial charge in [0.15, 0.2) is 0 Å². The van der Waals surface area contributed by atoms with E-state index in [1.807, 2.05) is 72.8 Å². The van der Waals surface area contributed by atoms with Crippen molar-refractivity contribution in [3.05, 3.63) is 94.0 Å². The molecule has 0 spiro atoms. The van der Waals surface area contributed by atoms with Gasteiger partial charge in [-0.3, -0.25) is 4.79 Å². The Labute approximate surface area is 154 Å². The monoisotopic (exact) mass is 394 g/mol. The number of ether oxygens (including phenoxy) is 2.